The van der Waals surface area contributed by atoms with Crippen molar-refractivity contribution in [3.05, 3.63) is 36.4 Å². The zero-order valence-electron chi connectivity index (χ0n) is 12.6. The number of benzene rings is 1. The lowest BCUT2D eigenvalue weighted by molar-refractivity contribution is 0.196. The van der Waals surface area contributed by atoms with Crippen LogP contribution in [0.2, 0.25) is 0 Å². The van der Waals surface area contributed by atoms with Gasteiger partial charge in [-0.25, -0.2) is 0 Å². The van der Waals surface area contributed by atoms with Crippen LogP contribution in [-0.4, -0.2) is 42.9 Å². The van der Waals surface area contributed by atoms with Crippen LogP contribution in [0.1, 0.15) is 30.7 Å². The first-order valence-electron chi connectivity index (χ1n) is 8.24. The number of rotatable bonds is 3. The summed E-state index contributed by atoms with van der Waals surface area (Å²) in [6, 6.07) is 7.74. The fourth-order valence-corrected chi connectivity index (χ4v) is 5.33. The molecule has 0 bridgehead atoms. The molecule has 1 fully saturated rings. The van der Waals surface area contributed by atoms with Gasteiger partial charge in [-0.15, -0.1) is 18.3 Å². The molecule has 4 rings (SSSR count). The van der Waals surface area contributed by atoms with Crippen molar-refractivity contribution in [3.8, 4) is 0 Å². The second-order valence-electron chi connectivity index (χ2n) is 6.43. The molecule has 3 aliphatic rings. The van der Waals surface area contributed by atoms with Crippen molar-refractivity contribution < 1.29 is 0 Å². The van der Waals surface area contributed by atoms with Gasteiger partial charge in [-0.1, -0.05) is 18.2 Å². The predicted molar refractivity (Wildman–Crippen MR) is 91.5 cm³/mol. The SMILES string of the molecule is C=CCCN1CC[C@@H]2[C@H](C1)c1cccc3c1N2CCCS3. The molecular weight excluding hydrogens is 276 g/mol. The van der Waals surface area contributed by atoms with E-state index in [0.29, 0.717) is 0 Å². The highest BCUT2D eigenvalue weighted by Gasteiger charge is 2.42. The summed E-state index contributed by atoms with van der Waals surface area (Å²) in [5.74, 6) is 1.99. The molecule has 0 radical (unpaired) electrons. The lowest BCUT2D eigenvalue weighted by Gasteiger charge is -2.38. The maximum absolute atomic E-state index is 3.87. The average molecular weight is 300 g/mol. The van der Waals surface area contributed by atoms with Crippen LogP contribution in [0.5, 0.6) is 0 Å². The third-order valence-electron chi connectivity index (χ3n) is 5.23. The molecule has 3 aliphatic heterocycles. The van der Waals surface area contributed by atoms with Gasteiger partial charge in [0, 0.05) is 43.0 Å². The summed E-state index contributed by atoms with van der Waals surface area (Å²) in [4.78, 5) is 6.92. The highest BCUT2D eigenvalue weighted by atomic mass is 32.2. The molecule has 0 unspecified atom stereocenters. The predicted octanol–water partition coefficient (Wildman–Crippen LogP) is 3.74. The molecule has 2 nitrogen and oxygen atoms in total. The first kappa shape index (κ1) is 13.7. The largest absolute Gasteiger partial charge is 0.367 e. The number of piperidine rings is 1. The van der Waals surface area contributed by atoms with Crippen LogP contribution in [0.25, 0.3) is 0 Å². The second-order valence-corrected chi connectivity index (χ2v) is 7.57. The molecule has 0 aliphatic carbocycles. The van der Waals surface area contributed by atoms with Gasteiger partial charge in [-0.05, 0) is 36.6 Å². The number of hydrogen-bond acceptors (Lipinski definition) is 3. The molecule has 1 aromatic carbocycles. The van der Waals surface area contributed by atoms with E-state index in [1.54, 1.807) is 11.3 Å². The number of likely N-dealkylation sites (tertiary alicyclic amines) is 1. The van der Waals surface area contributed by atoms with E-state index in [9.17, 15) is 0 Å². The number of nitrogens with zero attached hydrogens (tertiary/aromatic N) is 2. The fourth-order valence-electron chi connectivity index (χ4n) is 4.29. The molecule has 0 spiro atoms. The number of fused-ring (bicyclic) bond motifs is 3. The monoisotopic (exact) mass is 300 g/mol. The van der Waals surface area contributed by atoms with Gasteiger partial charge in [0.2, 0.25) is 0 Å². The minimum absolute atomic E-state index is 0.720. The summed E-state index contributed by atoms with van der Waals surface area (Å²) >= 11 is 2.06. The van der Waals surface area contributed by atoms with Crippen molar-refractivity contribution in [2.24, 2.45) is 0 Å². The van der Waals surface area contributed by atoms with E-state index in [1.807, 2.05) is 6.08 Å². The third-order valence-corrected chi connectivity index (χ3v) is 6.36. The maximum Gasteiger partial charge on any atom is 0.0543 e. The Morgan fingerprint density at radius 3 is 3.19 bits per heavy atom. The molecule has 3 heteroatoms. The maximum atomic E-state index is 3.87. The van der Waals surface area contributed by atoms with Gasteiger partial charge in [0.25, 0.3) is 0 Å². The Balaban J connectivity index is 1.65. The van der Waals surface area contributed by atoms with Gasteiger partial charge < -0.3 is 9.80 Å². The van der Waals surface area contributed by atoms with Crippen molar-refractivity contribution in [2.75, 3.05) is 36.8 Å². The lowest BCUT2D eigenvalue weighted by Crippen LogP contribution is -2.46. The van der Waals surface area contributed by atoms with E-state index >= 15 is 0 Å². The standard InChI is InChI=1S/C18H24N2S/c1-2-3-9-19-11-8-16-15(13-19)14-6-4-7-17-18(14)20(16)10-5-12-21-17/h2,4,6-7,15-16H,1,3,5,8-13H2/t15-,16-/m1/s1. The zero-order chi connectivity index (χ0) is 14.2. The second kappa shape index (κ2) is 5.69. The van der Waals surface area contributed by atoms with Gasteiger partial charge in [-0.2, -0.15) is 0 Å². The topological polar surface area (TPSA) is 6.48 Å². The first-order valence-corrected chi connectivity index (χ1v) is 9.22. The van der Waals surface area contributed by atoms with E-state index in [-0.39, 0.29) is 0 Å². The summed E-state index contributed by atoms with van der Waals surface area (Å²) in [6.07, 6.45) is 5.81. The van der Waals surface area contributed by atoms with Crippen LogP contribution < -0.4 is 4.90 Å². The Bertz CT molecular complexity index is 542. The molecule has 2 atom stereocenters. The van der Waals surface area contributed by atoms with Crippen LogP contribution in [-0.2, 0) is 0 Å². The summed E-state index contributed by atoms with van der Waals surface area (Å²) in [5.41, 5.74) is 3.20. The van der Waals surface area contributed by atoms with Gasteiger partial charge in [0.05, 0.1) is 5.69 Å². The van der Waals surface area contributed by atoms with Crippen molar-refractivity contribution in [1.29, 1.82) is 0 Å². The Kier molecular flexibility index (Phi) is 3.72. The molecule has 112 valence electrons. The van der Waals surface area contributed by atoms with Gasteiger partial charge in [0.1, 0.15) is 0 Å². The molecule has 0 aromatic heterocycles. The van der Waals surface area contributed by atoms with Gasteiger partial charge in [0.15, 0.2) is 0 Å². The van der Waals surface area contributed by atoms with Crippen LogP contribution in [0.4, 0.5) is 5.69 Å². The summed E-state index contributed by atoms with van der Waals surface area (Å²) in [7, 11) is 0. The molecule has 3 heterocycles. The Labute approximate surface area is 132 Å². The highest BCUT2D eigenvalue weighted by molar-refractivity contribution is 7.99. The minimum atomic E-state index is 0.720. The Morgan fingerprint density at radius 2 is 2.29 bits per heavy atom. The van der Waals surface area contributed by atoms with Crippen LogP contribution in [0.3, 0.4) is 0 Å². The van der Waals surface area contributed by atoms with Crippen LogP contribution in [0, 0.1) is 0 Å². The van der Waals surface area contributed by atoms with E-state index in [1.165, 1.54) is 49.7 Å². The smallest absolute Gasteiger partial charge is 0.0543 e. The first-order chi connectivity index (χ1) is 10.4. The third kappa shape index (κ3) is 2.31. The quantitative estimate of drug-likeness (QED) is 0.785. The van der Waals surface area contributed by atoms with Crippen molar-refractivity contribution in [3.63, 3.8) is 0 Å². The normalized spacial score (nSPS) is 27.9. The molecule has 0 saturated carbocycles. The Morgan fingerprint density at radius 1 is 1.33 bits per heavy atom. The van der Waals surface area contributed by atoms with Crippen LogP contribution >= 0.6 is 11.8 Å². The van der Waals surface area contributed by atoms with Crippen LogP contribution in [0.15, 0.2) is 35.7 Å². The van der Waals surface area contributed by atoms with E-state index in [2.05, 4.69) is 46.3 Å². The summed E-state index contributed by atoms with van der Waals surface area (Å²) in [6.45, 7) is 8.78. The average Bonchev–Trinajstić information content (AvgIpc) is 2.68. The number of thioether (sulfide) groups is 1. The van der Waals surface area contributed by atoms with E-state index < -0.39 is 0 Å². The molecule has 21 heavy (non-hydrogen) atoms. The van der Waals surface area contributed by atoms with E-state index in [4.69, 9.17) is 0 Å². The molecule has 0 amide bonds. The zero-order valence-corrected chi connectivity index (χ0v) is 13.4. The number of hydrogen-bond donors (Lipinski definition) is 0. The number of anilines is 1. The van der Waals surface area contributed by atoms with Gasteiger partial charge >= 0.3 is 0 Å². The minimum Gasteiger partial charge on any atom is -0.367 e. The van der Waals surface area contributed by atoms with Crippen molar-refractivity contribution in [1.82, 2.24) is 4.90 Å². The highest BCUT2D eigenvalue weighted by Crippen LogP contribution is 2.50. The molecule has 1 saturated heterocycles. The molecule has 0 N–H and O–H groups in total. The molecular formula is C18H24N2S. The summed E-state index contributed by atoms with van der Waals surface area (Å²) in [5, 5.41) is 0. The summed E-state index contributed by atoms with van der Waals surface area (Å²) < 4.78 is 0. The van der Waals surface area contributed by atoms with Crippen molar-refractivity contribution in [2.45, 2.75) is 36.1 Å². The fraction of sp³-hybridized carbons (Fsp3) is 0.556. The van der Waals surface area contributed by atoms with Crippen molar-refractivity contribution >= 4 is 17.4 Å². The molecule has 1 aromatic rings. The number of para-hydroxylation sites is 1. The van der Waals surface area contributed by atoms with Gasteiger partial charge in [-0.3, -0.25) is 0 Å². The lowest BCUT2D eigenvalue weighted by atomic mass is 9.89. The Hall–Kier alpha value is -0.930. The van der Waals surface area contributed by atoms with E-state index in [0.717, 1.165) is 18.4 Å².